The van der Waals surface area contributed by atoms with Gasteiger partial charge in [0, 0.05) is 15.3 Å². The third kappa shape index (κ3) is 3.43. The summed E-state index contributed by atoms with van der Waals surface area (Å²) in [5.41, 5.74) is 2.88. The van der Waals surface area contributed by atoms with Gasteiger partial charge in [0.1, 0.15) is 0 Å². The van der Waals surface area contributed by atoms with E-state index in [0.717, 1.165) is 16.8 Å². The molecule has 1 nitrogen and oxygen atoms in total. The average Bonchev–Trinajstić information content (AvgIpc) is 2.39. The molecule has 82 valence electrons. The fourth-order valence-electron chi connectivity index (χ4n) is 1.34. The number of benzene rings is 2. The minimum absolute atomic E-state index is 0.886. The fraction of sp³-hybridized carbons (Fsp3) is 0. The monoisotopic (exact) mass is 331 g/mol. The Morgan fingerprint density at radius 2 is 1.65 bits per heavy atom. The van der Waals surface area contributed by atoms with Crippen LogP contribution in [-0.2, 0) is 0 Å². The molecule has 0 aromatic heterocycles. The van der Waals surface area contributed by atoms with Gasteiger partial charge >= 0.3 is 0 Å². The van der Waals surface area contributed by atoms with Crippen molar-refractivity contribution in [2.24, 2.45) is 4.99 Å². The van der Waals surface area contributed by atoms with E-state index in [1.165, 1.54) is 3.57 Å². The van der Waals surface area contributed by atoms with Crippen molar-refractivity contribution in [2.45, 2.75) is 0 Å². The molecule has 0 saturated heterocycles. The molecule has 0 fully saturated rings. The van der Waals surface area contributed by atoms with Gasteiger partial charge in [-0.3, -0.25) is 4.99 Å². The number of aliphatic imine (C=N–C) groups is 1. The van der Waals surface area contributed by atoms with Gasteiger partial charge in [-0.05, 0) is 64.6 Å². The molecule has 17 heavy (non-hydrogen) atoms. The van der Waals surface area contributed by atoms with Crippen LogP contribution >= 0.6 is 22.6 Å². The maximum absolute atomic E-state index is 5.29. The molecule has 0 aliphatic rings. The van der Waals surface area contributed by atoms with Gasteiger partial charge in [-0.1, -0.05) is 18.1 Å². The molecule has 0 atom stereocenters. The fourth-order valence-corrected chi connectivity index (χ4v) is 1.70. The van der Waals surface area contributed by atoms with Crippen LogP contribution in [0.15, 0.2) is 53.5 Å². The number of rotatable bonds is 2. The van der Waals surface area contributed by atoms with Crippen molar-refractivity contribution in [3.8, 4) is 12.3 Å². The van der Waals surface area contributed by atoms with E-state index >= 15 is 0 Å². The molecule has 0 saturated carbocycles. The second-order valence-electron chi connectivity index (χ2n) is 3.50. The van der Waals surface area contributed by atoms with Gasteiger partial charge in [0.05, 0.1) is 5.69 Å². The van der Waals surface area contributed by atoms with Gasteiger partial charge in [-0.2, -0.15) is 0 Å². The zero-order valence-electron chi connectivity index (χ0n) is 9.10. The summed E-state index contributed by atoms with van der Waals surface area (Å²) >= 11 is 2.27. The lowest BCUT2D eigenvalue weighted by Crippen LogP contribution is -1.81. The first-order valence-corrected chi connectivity index (χ1v) is 6.22. The molecule has 0 amide bonds. The first-order chi connectivity index (χ1) is 8.28. The van der Waals surface area contributed by atoms with Crippen molar-refractivity contribution in [1.82, 2.24) is 0 Å². The lowest BCUT2D eigenvalue weighted by Gasteiger charge is -1.95. The van der Waals surface area contributed by atoms with Crippen molar-refractivity contribution in [2.75, 3.05) is 0 Å². The quantitative estimate of drug-likeness (QED) is 0.448. The summed E-state index contributed by atoms with van der Waals surface area (Å²) in [4.78, 5) is 4.39. The second kappa shape index (κ2) is 5.65. The Hall–Kier alpha value is -1.60. The van der Waals surface area contributed by atoms with Gasteiger partial charge in [0.2, 0.25) is 0 Å². The lowest BCUT2D eigenvalue weighted by molar-refractivity contribution is 1.51. The van der Waals surface area contributed by atoms with E-state index in [2.05, 4.69) is 33.5 Å². The largest absolute Gasteiger partial charge is 0.256 e. The van der Waals surface area contributed by atoms with E-state index in [4.69, 9.17) is 6.42 Å². The Morgan fingerprint density at radius 3 is 2.24 bits per heavy atom. The predicted molar refractivity (Wildman–Crippen MR) is 80.8 cm³/mol. The molecule has 0 aliphatic carbocycles. The number of hydrogen-bond donors (Lipinski definition) is 0. The Balaban J connectivity index is 2.14. The molecule has 2 rings (SSSR count). The van der Waals surface area contributed by atoms with Gasteiger partial charge < -0.3 is 0 Å². The van der Waals surface area contributed by atoms with Crippen LogP contribution in [0.1, 0.15) is 11.1 Å². The van der Waals surface area contributed by atoms with Crippen LogP contribution in [0, 0.1) is 15.9 Å². The Bertz CT molecular complexity index is 559. The molecule has 0 unspecified atom stereocenters. The Labute approximate surface area is 115 Å². The molecule has 0 aliphatic heterocycles. The highest BCUT2D eigenvalue weighted by Crippen LogP contribution is 2.14. The highest BCUT2D eigenvalue weighted by atomic mass is 127. The summed E-state index contributed by atoms with van der Waals surface area (Å²) < 4.78 is 1.21. The molecule has 0 heterocycles. The minimum Gasteiger partial charge on any atom is -0.256 e. The van der Waals surface area contributed by atoms with Crippen LogP contribution in [0.5, 0.6) is 0 Å². The molecule has 0 radical (unpaired) electrons. The van der Waals surface area contributed by atoms with Crippen LogP contribution in [0.3, 0.4) is 0 Å². The zero-order valence-corrected chi connectivity index (χ0v) is 11.3. The first kappa shape index (κ1) is 11.9. The number of nitrogens with zero attached hydrogens (tertiary/aromatic N) is 1. The third-order valence-corrected chi connectivity index (χ3v) is 2.99. The Kier molecular flexibility index (Phi) is 3.94. The zero-order chi connectivity index (χ0) is 12.1. The van der Waals surface area contributed by atoms with Crippen molar-refractivity contribution in [3.05, 3.63) is 63.2 Å². The highest BCUT2D eigenvalue weighted by molar-refractivity contribution is 14.1. The van der Waals surface area contributed by atoms with Crippen LogP contribution < -0.4 is 0 Å². The molecular formula is C15H10IN. The number of hydrogen-bond acceptors (Lipinski definition) is 1. The third-order valence-electron chi connectivity index (χ3n) is 2.27. The summed E-state index contributed by atoms with van der Waals surface area (Å²) in [5, 5.41) is 0. The Morgan fingerprint density at radius 1 is 1.00 bits per heavy atom. The summed E-state index contributed by atoms with van der Waals surface area (Å²) in [6, 6.07) is 15.8. The second-order valence-corrected chi connectivity index (χ2v) is 4.75. The van der Waals surface area contributed by atoms with Gasteiger partial charge in [-0.15, -0.1) is 6.42 Å². The standard InChI is InChI=1S/C15H10IN/c1-2-12-3-5-13(6-4-12)11-17-15-9-7-14(16)8-10-15/h1,3-11H. The number of halogens is 1. The van der Waals surface area contributed by atoms with Crippen LogP contribution in [-0.4, -0.2) is 6.21 Å². The lowest BCUT2D eigenvalue weighted by atomic mass is 10.1. The van der Waals surface area contributed by atoms with E-state index in [9.17, 15) is 0 Å². The summed E-state index contributed by atoms with van der Waals surface area (Å²) in [6.07, 6.45) is 7.13. The summed E-state index contributed by atoms with van der Waals surface area (Å²) in [6.45, 7) is 0. The maximum atomic E-state index is 5.29. The molecular weight excluding hydrogens is 321 g/mol. The van der Waals surface area contributed by atoms with Crippen LogP contribution in [0.2, 0.25) is 0 Å². The van der Waals surface area contributed by atoms with Gasteiger partial charge in [0.15, 0.2) is 0 Å². The van der Waals surface area contributed by atoms with Crippen LogP contribution in [0.4, 0.5) is 5.69 Å². The predicted octanol–water partition coefficient (Wildman–Crippen LogP) is 4.02. The smallest absolute Gasteiger partial charge is 0.0630 e. The van der Waals surface area contributed by atoms with Gasteiger partial charge in [-0.25, -0.2) is 0 Å². The first-order valence-electron chi connectivity index (χ1n) is 5.14. The topological polar surface area (TPSA) is 12.4 Å². The van der Waals surface area contributed by atoms with Crippen molar-refractivity contribution in [1.29, 1.82) is 0 Å². The molecule has 0 N–H and O–H groups in total. The highest BCUT2D eigenvalue weighted by Gasteiger charge is 1.90. The molecule has 2 aromatic carbocycles. The van der Waals surface area contributed by atoms with Gasteiger partial charge in [0.25, 0.3) is 0 Å². The molecule has 0 bridgehead atoms. The number of terminal acetylenes is 1. The van der Waals surface area contributed by atoms with E-state index in [1.54, 1.807) is 0 Å². The molecule has 2 aromatic rings. The maximum Gasteiger partial charge on any atom is 0.0630 e. The van der Waals surface area contributed by atoms with Crippen LogP contribution in [0.25, 0.3) is 0 Å². The minimum atomic E-state index is 0.886. The van der Waals surface area contributed by atoms with E-state index in [0.29, 0.717) is 0 Å². The average molecular weight is 331 g/mol. The van der Waals surface area contributed by atoms with E-state index in [1.807, 2.05) is 54.7 Å². The molecule has 0 spiro atoms. The van der Waals surface area contributed by atoms with Crippen molar-refractivity contribution >= 4 is 34.5 Å². The summed E-state index contributed by atoms with van der Waals surface area (Å²) in [7, 11) is 0. The van der Waals surface area contributed by atoms with Crippen molar-refractivity contribution < 1.29 is 0 Å². The van der Waals surface area contributed by atoms with E-state index < -0.39 is 0 Å². The van der Waals surface area contributed by atoms with Crippen molar-refractivity contribution in [3.63, 3.8) is 0 Å². The SMILES string of the molecule is C#Cc1ccc(C=Nc2ccc(I)cc2)cc1. The summed E-state index contributed by atoms with van der Waals surface area (Å²) in [5.74, 6) is 2.59. The molecule has 2 heteroatoms. The van der Waals surface area contributed by atoms with E-state index in [-0.39, 0.29) is 0 Å². The normalized spacial score (nSPS) is 10.4.